The number of carboxylic acid groups (broad SMARTS) is 1. The molecule has 134 valence electrons. The predicted octanol–water partition coefficient (Wildman–Crippen LogP) is 0.896. The number of halogens is 3. The Bertz CT molecular complexity index is 411. The van der Waals surface area contributed by atoms with E-state index >= 15 is 0 Å². The number of hydrogen-bond acceptors (Lipinski definition) is 4. The van der Waals surface area contributed by atoms with Gasteiger partial charge in [0.1, 0.15) is 0 Å². The summed E-state index contributed by atoms with van der Waals surface area (Å²) in [6.45, 7) is -0.319. The van der Waals surface area contributed by atoms with Gasteiger partial charge >= 0.3 is 18.2 Å². The van der Waals surface area contributed by atoms with Gasteiger partial charge in [-0.2, -0.15) is 13.2 Å². The Morgan fingerprint density at radius 2 is 1.70 bits per heavy atom. The molecule has 2 atom stereocenters. The first-order valence-corrected chi connectivity index (χ1v) is 7.03. The number of carboxylic acids is 1. The number of nitrogens with zero attached hydrogens (tertiary/aromatic N) is 2. The van der Waals surface area contributed by atoms with E-state index in [0.717, 1.165) is 4.90 Å². The zero-order chi connectivity index (χ0) is 17.6. The summed E-state index contributed by atoms with van der Waals surface area (Å²) < 4.78 is 48.6. The Morgan fingerprint density at radius 3 is 2.04 bits per heavy atom. The molecule has 0 unspecified atom stereocenters. The fourth-order valence-corrected chi connectivity index (χ4v) is 2.45. The van der Waals surface area contributed by atoms with Crippen LogP contribution < -0.4 is 0 Å². The Labute approximate surface area is 131 Å². The Kier molecular flexibility index (Phi) is 7.07. The largest absolute Gasteiger partial charge is 0.481 e. The van der Waals surface area contributed by atoms with Gasteiger partial charge in [-0.05, 0) is 0 Å². The number of carbonyl (C=O) groups is 2. The van der Waals surface area contributed by atoms with Crippen LogP contribution in [0.4, 0.5) is 18.0 Å². The molecule has 0 aromatic heterocycles. The first-order valence-electron chi connectivity index (χ1n) is 7.03. The molecule has 0 aromatic rings. The number of methoxy groups -OCH3 is 2. The van der Waals surface area contributed by atoms with Crippen LogP contribution in [-0.2, 0) is 14.3 Å². The molecule has 0 radical (unpaired) electrons. The fraction of sp³-hybridized carbons (Fsp3) is 0.846. The number of hydrogen-bond donors (Lipinski definition) is 1. The summed E-state index contributed by atoms with van der Waals surface area (Å²) in [5.74, 6) is -5.26. The molecule has 0 aliphatic carbocycles. The van der Waals surface area contributed by atoms with Crippen molar-refractivity contribution in [1.29, 1.82) is 0 Å². The van der Waals surface area contributed by atoms with E-state index < -0.39 is 43.1 Å². The van der Waals surface area contributed by atoms with E-state index in [2.05, 4.69) is 0 Å². The molecule has 0 saturated carbocycles. The van der Waals surface area contributed by atoms with Gasteiger partial charge in [0, 0.05) is 40.4 Å². The summed E-state index contributed by atoms with van der Waals surface area (Å²) in [6.07, 6.45) is -4.66. The normalized spacial score (nSPS) is 21.5. The number of ether oxygens (including phenoxy) is 2. The lowest BCUT2D eigenvalue weighted by molar-refractivity contribution is -0.187. The van der Waals surface area contributed by atoms with Crippen molar-refractivity contribution in [3.05, 3.63) is 0 Å². The van der Waals surface area contributed by atoms with Gasteiger partial charge in [-0.1, -0.05) is 0 Å². The number of urea groups is 1. The van der Waals surface area contributed by atoms with E-state index in [9.17, 15) is 22.8 Å². The molecule has 23 heavy (non-hydrogen) atoms. The topological polar surface area (TPSA) is 79.3 Å². The van der Waals surface area contributed by atoms with Crippen molar-refractivity contribution in [3.63, 3.8) is 0 Å². The van der Waals surface area contributed by atoms with E-state index in [0.29, 0.717) is 0 Å². The summed E-state index contributed by atoms with van der Waals surface area (Å²) in [5.41, 5.74) is 0. The molecule has 1 N–H and O–H groups in total. The minimum atomic E-state index is -4.66. The first-order chi connectivity index (χ1) is 10.7. The SMILES string of the molecule is COCCN(CCOC)C(=O)N1C[C@@H](C(F)(F)F)[C@H](C(=O)O)C1. The van der Waals surface area contributed by atoms with Crippen LogP contribution in [0.15, 0.2) is 0 Å². The van der Waals surface area contributed by atoms with Gasteiger partial charge in [0.05, 0.1) is 25.0 Å². The number of likely N-dealkylation sites (tertiary alicyclic amines) is 1. The molecule has 1 saturated heterocycles. The molecule has 1 aliphatic rings. The molecule has 1 fully saturated rings. The molecule has 1 rings (SSSR count). The summed E-state index contributed by atoms with van der Waals surface area (Å²) in [4.78, 5) is 25.7. The van der Waals surface area contributed by atoms with Crippen LogP contribution in [0, 0.1) is 11.8 Å². The van der Waals surface area contributed by atoms with Crippen molar-refractivity contribution in [2.45, 2.75) is 6.18 Å². The molecule has 0 aromatic carbocycles. The van der Waals surface area contributed by atoms with Crippen molar-refractivity contribution >= 4 is 12.0 Å². The maximum absolute atomic E-state index is 13.0. The Balaban J connectivity index is 2.82. The molecule has 7 nitrogen and oxygen atoms in total. The number of rotatable bonds is 7. The van der Waals surface area contributed by atoms with Crippen molar-refractivity contribution < 1.29 is 37.3 Å². The van der Waals surface area contributed by atoms with E-state index in [1.807, 2.05) is 0 Å². The highest BCUT2D eigenvalue weighted by Gasteiger charge is 2.53. The van der Waals surface area contributed by atoms with Gasteiger partial charge in [-0.25, -0.2) is 4.79 Å². The van der Waals surface area contributed by atoms with E-state index in [-0.39, 0.29) is 26.3 Å². The average molecular weight is 342 g/mol. The van der Waals surface area contributed by atoms with Crippen LogP contribution in [-0.4, -0.2) is 86.7 Å². The van der Waals surface area contributed by atoms with Gasteiger partial charge in [0.2, 0.25) is 0 Å². The quantitative estimate of drug-likeness (QED) is 0.744. The third-order valence-electron chi connectivity index (χ3n) is 3.73. The summed E-state index contributed by atoms with van der Waals surface area (Å²) in [7, 11) is 2.88. The second kappa shape index (κ2) is 8.34. The van der Waals surface area contributed by atoms with E-state index in [1.165, 1.54) is 19.1 Å². The van der Waals surface area contributed by atoms with Gasteiger partial charge < -0.3 is 24.4 Å². The van der Waals surface area contributed by atoms with Gasteiger partial charge in [-0.3, -0.25) is 4.79 Å². The summed E-state index contributed by atoms with van der Waals surface area (Å²) in [5, 5.41) is 8.98. The zero-order valence-electron chi connectivity index (χ0n) is 13.0. The van der Waals surface area contributed by atoms with Crippen LogP contribution in [0.2, 0.25) is 0 Å². The number of aliphatic carboxylic acids is 1. The van der Waals surface area contributed by atoms with Crippen molar-refractivity contribution in [2.24, 2.45) is 11.8 Å². The molecular formula is C13H21F3N2O5. The third-order valence-corrected chi connectivity index (χ3v) is 3.73. The lowest BCUT2D eigenvalue weighted by Crippen LogP contribution is -2.45. The highest BCUT2D eigenvalue weighted by molar-refractivity contribution is 5.78. The first kappa shape index (κ1) is 19.5. The van der Waals surface area contributed by atoms with Crippen LogP contribution in [0.25, 0.3) is 0 Å². The number of amides is 2. The number of carbonyl (C=O) groups excluding carboxylic acids is 1. The second-order valence-electron chi connectivity index (χ2n) is 5.25. The molecule has 1 aliphatic heterocycles. The predicted molar refractivity (Wildman–Crippen MR) is 73.0 cm³/mol. The zero-order valence-corrected chi connectivity index (χ0v) is 13.0. The summed E-state index contributed by atoms with van der Waals surface area (Å²) >= 11 is 0. The monoisotopic (exact) mass is 342 g/mol. The lowest BCUT2D eigenvalue weighted by Gasteiger charge is -2.28. The van der Waals surface area contributed by atoms with Gasteiger partial charge in [0.25, 0.3) is 0 Å². The minimum Gasteiger partial charge on any atom is -0.481 e. The second-order valence-corrected chi connectivity index (χ2v) is 5.25. The van der Waals surface area contributed by atoms with Gasteiger partial charge in [0.15, 0.2) is 0 Å². The van der Waals surface area contributed by atoms with E-state index in [4.69, 9.17) is 14.6 Å². The van der Waals surface area contributed by atoms with E-state index in [1.54, 1.807) is 0 Å². The lowest BCUT2D eigenvalue weighted by atomic mass is 9.96. The number of alkyl halides is 3. The molecule has 10 heteroatoms. The molecular weight excluding hydrogens is 321 g/mol. The maximum Gasteiger partial charge on any atom is 0.394 e. The Hall–Kier alpha value is -1.55. The maximum atomic E-state index is 13.0. The molecule has 1 heterocycles. The average Bonchev–Trinajstić information content (AvgIpc) is 2.92. The molecule has 2 amide bonds. The van der Waals surface area contributed by atoms with Crippen molar-refractivity contribution in [2.75, 3.05) is 53.6 Å². The Morgan fingerprint density at radius 1 is 1.17 bits per heavy atom. The van der Waals surface area contributed by atoms with Crippen LogP contribution in [0.5, 0.6) is 0 Å². The molecule has 0 bridgehead atoms. The minimum absolute atomic E-state index is 0.184. The molecule has 0 spiro atoms. The van der Waals surface area contributed by atoms with Crippen LogP contribution in [0.1, 0.15) is 0 Å². The summed E-state index contributed by atoms with van der Waals surface area (Å²) in [6, 6.07) is -0.642. The fourth-order valence-electron chi connectivity index (χ4n) is 2.45. The highest BCUT2D eigenvalue weighted by Crippen LogP contribution is 2.38. The van der Waals surface area contributed by atoms with Crippen LogP contribution >= 0.6 is 0 Å². The van der Waals surface area contributed by atoms with Gasteiger partial charge in [-0.15, -0.1) is 0 Å². The van der Waals surface area contributed by atoms with Crippen molar-refractivity contribution in [3.8, 4) is 0 Å². The smallest absolute Gasteiger partial charge is 0.394 e. The van der Waals surface area contributed by atoms with Crippen LogP contribution in [0.3, 0.4) is 0 Å². The standard InChI is InChI=1S/C13H21F3N2O5/c1-22-5-3-17(4-6-23-2)12(21)18-7-9(11(19)20)10(8-18)13(14,15)16/h9-10H,3-8H2,1-2H3,(H,19,20)/t9-,10-/m1/s1. The third kappa shape index (κ3) is 5.24. The van der Waals surface area contributed by atoms with Crippen molar-refractivity contribution in [1.82, 2.24) is 9.80 Å². The highest BCUT2D eigenvalue weighted by atomic mass is 19.4.